The van der Waals surface area contributed by atoms with Gasteiger partial charge < -0.3 is 10.6 Å². The summed E-state index contributed by atoms with van der Waals surface area (Å²) in [5.41, 5.74) is 1.95. The minimum Gasteiger partial charge on any atom is -0.355 e. The Bertz CT molecular complexity index is 671. The maximum absolute atomic E-state index is 13.4. The van der Waals surface area contributed by atoms with Gasteiger partial charge in [-0.1, -0.05) is 6.07 Å². The molecule has 1 heterocycles. The third-order valence-corrected chi connectivity index (χ3v) is 4.75. The fourth-order valence-electron chi connectivity index (χ4n) is 2.79. The molecule has 0 saturated carbocycles. The normalized spacial score (nSPS) is 14.8. The average Bonchev–Trinajstić information content (AvgIpc) is 2.62. The van der Waals surface area contributed by atoms with E-state index in [0.717, 1.165) is 16.9 Å². The highest BCUT2D eigenvalue weighted by Gasteiger charge is 2.25. The first-order valence-electron chi connectivity index (χ1n) is 8.59. The van der Waals surface area contributed by atoms with E-state index in [0.29, 0.717) is 44.9 Å². The number of imide groups is 1. The van der Waals surface area contributed by atoms with Crippen molar-refractivity contribution in [3.63, 3.8) is 0 Å². The van der Waals surface area contributed by atoms with E-state index in [1.54, 1.807) is 30.9 Å². The lowest BCUT2D eigenvalue weighted by molar-refractivity contribution is -0.147. The maximum Gasteiger partial charge on any atom is 0.229 e. The van der Waals surface area contributed by atoms with Gasteiger partial charge in [-0.05, 0) is 35.9 Å². The molecule has 0 aromatic heterocycles. The SMILES string of the molecule is CN=C(NCCN1C(=O)CCCC1=O)NCc1ccc(F)cc1CSC.I. The van der Waals surface area contributed by atoms with Gasteiger partial charge in [-0.25, -0.2) is 4.39 Å². The quantitative estimate of drug-likeness (QED) is 0.256. The number of carbonyl (C=O) groups is 2. The second-order valence-electron chi connectivity index (χ2n) is 5.99. The molecule has 0 radical (unpaired) electrons. The molecule has 150 valence electrons. The zero-order valence-corrected chi connectivity index (χ0v) is 18.7. The molecule has 0 spiro atoms. The van der Waals surface area contributed by atoms with Crippen LogP contribution < -0.4 is 10.6 Å². The molecule has 2 amide bonds. The molecule has 1 fully saturated rings. The Balaban J connectivity index is 0.00000364. The van der Waals surface area contributed by atoms with E-state index in [1.807, 2.05) is 6.26 Å². The summed E-state index contributed by atoms with van der Waals surface area (Å²) in [5, 5.41) is 6.29. The number of piperidine rings is 1. The Labute approximate surface area is 180 Å². The number of rotatable bonds is 7. The molecule has 0 atom stereocenters. The van der Waals surface area contributed by atoms with Crippen molar-refractivity contribution in [2.24, 2.45) is 4.99 Å². The van der Waals surface area contributed by atoms with E-state index in [1.165, 1.54) is 11.0 Å². The first-order chi connectivity index (χ1) is 12.5. The standard InChI is InChI=1S/C18H25FN4O2S.HI/c1-20-18(21-8-9-23-16(24)4-3-5-17(23)25)22-11-13-6-7-15(19)10-14(13)12-26-2;/h6-7,10H,3-5,8-9,11-12H2,1-2H3,(H2,20,21,22);1H. The summed E-state index contributed by atoms with van der Waals surface area (Å²) in [6.45, 7) is 1.27. The zero-order valence-electron chi connectivity index (χ0n) is 15.6. The van der Waals surface area contributed by atoms with E-state index in [-0.39, 0.29) is 41.6 Å². The van der Waals surface area contributed by atoms with E-state index in [4.69, 9.17) is 0 Å². The summed E-state index contributed by atoms with van der Waals surface area (Å²) < 4.78 is 13.4. The highest BCUT2D eigenvalue weighted by Crippen LogP contribution is 2.16. The van der Waals surface area contributed by atoms with Gasteiger partial charge in [0.2, 0.25) is 11.8 Å². The first kappa shape index (κ1) is 23.7. The molecule has 9 heteroatoms. The van der Waals surface area contributed by atoms with Crippen molar-refractivity contribution < 1.29 is 14.0 Å². The molecule has 6 nitrogen and oxygen atoms in total. The van der Waals surface area contributed by atoms with Crippen LogP contribution in [0.25, 0.3) is 0 Å². The summed E-state index contributed by atoms with van der Waals surface area (Å²) in [4.78, 5) is 29.0. The van der Waals surface area contributed by atoms with Crippen LogP contribution in [0.5, 0.6) is 0 Å². The van der Waals surface area contributed by atoms with Gasteiger partial charge in [0.1, 0.15) is 5.82 Å². The van der Waals surface area contributed by atoms with Crippen LogP contribution in [-0.2, 0) is 21.9 Å². The summed E-state index contributed by atoms with van der Waals surface area (Å²) in [6, 6.07) is 4.77. The third-order valence-electron chi connectivity index (χ3n) is 4.15. The Hall–Kier alpha value is -1.36. The van der Waals surface area contributed by atoms with Gasteiger partial charge in [0.25, 0.3) is 0 Å². The van der Waals surface area contributed by atoms with Crippen molar-refractivity contribution in [3.8, 4) is 0 Å². The number of halogens is 2. The Morgan fingerprint density at radius 1 is 1.22 bits per heavy atom. The first-order valence-corrected chi connectivity index (χ1v) is 9.98. The number of hydrogen-bond acceptors (Lipinski definition) is 4. The molecule has 1 saturated heterocycles. The lowest BCUT2D eigenvalue weighted by Crippen LogP contribution is -2.46. The van der Waals surface area contributed by atoms with E-state index < -0.39 is 0 Å². The fourth-order valence-corrected chi connectivity index (χ4v) is 3.37. The number of thioether (sulfide) groups is 1. The Morgan fingerprint density at radius 3 is 2.56 bits per heavy atom. The van der Waals surface area contributed by atoms with Crippen molar-refractivity contribution in [1.82, 2.24) is 15.5 Å². The van der Waals surface area contributed by atoms with Crippen LogP contribution in [0.15, 0.2) is 23.2 Å². The van der Waals surface area contributed by atoms with Gasteiger partial charge in [0.05, 0.1) is 0 Å². The van der Waals surface area contributed by atoms with Crippen LogP contribution in [-0.4, -0.2) is 49.1 Å². The van der Waals surface area contributed by atoms with Gasteiger partial charge in [-0.3, -0.25) is 19.5 Å². The number of guanidine groups is 1. The highest BCUT2D eigenvalue weighted by molar-refractivity contribution is 14.0. The monoisotopic (exact) mass is 508 g/mol. The van der Waals surface area contributed by atoms with E-state index >= 15 is 0 Å². The summed E-state index contributed by atoms with van der Waals surface area (Å²) in [5.74, 6) is 0.843. The predicted molar refractivity (Wildman–Crippen MR) is 118 cm³/mol. The van der Waals surface area contributed by atoms with Crippen LogP contribution in [0.1, 0.15) is 30.4 Å². The van der Waals surface area contributed by atoms with Gasteiger partial charge in [-0.15, -0.1) is 24.0 Å². The minimum absolute atomic E-state index is 0. The second kappa shape index (κ2) is 12.2. The second-order valence-corrected chi connectivity index (χ2v) is 6.86. The summed E-state index contributed by atoms with van der Waals surface area (Å²) >= 11 is 1.64. The largest absolute Gasteiger partial charge is 0.355 e. The van der Waals surface area contributed by atoms with Crippen molar-refractivity contribution in [2.45, 2.75) is 31.6 Å². The van der Waals surface area contributed by atoms with Crippen LogP contribution in [0.3, 0.4) is 0 Å². The molecule has 2 N–H and O–H groups in total. The molecule has 1 aromatic rings. The van der Waals surface area contributed by atoms with E-state index in [9.17, 15) is 14.0 Å². The highest BCUT2D eigenvalue weighted by atomic mass is 127. The third kappa shape index (κ3) is 7.28. The van der Waals surface area contributed by atoms with Gasteiger partial charge in [0, 0.05) is 45.3 Å². The number of aliphatic imine (C=N–C) groups is 1. The van der Waals surface area contributed by atoms with Crippen molar-refractivity contribution in [1.29, 1.82) is 0 Å². The van der Waals surface area contributed by atoms with Crippen molar-refractivity contribution in [3.05, 3.63) is 35.1 Å². The number of hydrogen-bond donors (Lipinski definition) is 2. The lowest BCUT2D eigenvalue weighted by atomic mass is 10.1. The number of nitrogens with zero attached hydrogens (tertiary/aromatic N) is 2. The smallest absolute Gasteiger partial charge is 0.229 e. The number of carbonyl (C=O) groups excluding carboxylic acids is 2. The van der Waals surface area contributed by atoms with Gasteiger partial charge >= 0.3 is 0 Å². The van der Waals surface area contributed by atoms with Gasteiger partial charge in [0.15, 0.2) is 5.96 Å². The zero-order chi connectivity index (χ0) is 18.9. The number of nitrogens with one attached hydrogen (secondary N) is 2. The molecule has 27 heavy (non-hydrogen) atoms. The summed E-state index contributed by atoms with van der Waals surface area (Å²) in [7, 11) is 1.65. The summed E-state index contributed by atoms with van der Waals surface area (Å²) in [6.07, 6.45) is 3.48. The van der Waals surface area contributed by atoms with Crippen LogP contribution in [0.2, 0.25) is 0 Å². The average molecular weight is 508 g/mol. The van der Waals surface area contributed by atoms with Crippen LogP contribution in [0.4, 0.5) is 4.39 Å². The predicted octanol–water partition coefficient (Wildman–Crippen LogP) is 2.51. The molecular weight excluding hydrogens is 482 g/mol. The van der Waals surface area contributed by atoms with E-state index in [2.05, 4.69) is 15.6 Å². The molecular formula is C18H26FIN4O2S. The number of likely N-dealkylation sites (tertiary alicyclic amines) is 1. The molecule has 2 rings (SSSR count). The lowest BCUT2D eigenvalue weighted by Gasteiger charge is -2.25. The number of benzene rings is 1. The van der Waals surface area contributed by atoms with Crippen molar-refractivity contribution in [2.75, 3.05) is 26.4 Å². The topological polar surface area (TPSA) is 73.8 Å². The van der Waals surface area contributed by atoms with Crippen molar-refractivity contribution >= 4 is 53.5 Å². The van der Waals surface area contributed by atoms with Crippen LogP contribution >= 0.6 is 35.7 Å². The Kier molecular flexibility index (Phi) is 10.7. The molecule has 0 unspecified atom stereocenters. The molecule has 1 aromatic carbocycles. The molecule has 1 aliphatic rings. The van der Waals surface area contributed by atoms with Crippen LogP contribution in [0, 0.1) is 5.82 Å². The maximum atomic E-state index is 13.4. The molecule has 0 aliphatic carbocycles. The Morgan fingerprint density at radius 2 is 1.93 bits per heavy atom. The fraction of sp³-hybridized carbons (Fsp3) is 0.500. The van der Waals surface area contributed by atoms with Gasteiger partial charge in [-0.2, -0.15) is 11.8 Å². The molecule has 1 aliphatic heterocycles. The minimum atomic E-state index is -0.240. The number of amides is 2. The molecule has 0 bridgehead atoms.